The molecule has 1 atom stereocenters. The third kappa shape index (κ3) is 2.81. The second-order valence-electron chi connectivity index (χ2n) is 3.37. The van der Waals surface area contributed by atoms with Gasteiger partial charge in [-0.25, -0.2) is 0 Å². The normalized spacial score (nSPS) is 25.9. The van der Waals surface area contributed by atoms with Crippen LogP contribution in [0.2, 0.25) is 0 Å². The summed E-state index contributed by atoms with van der Waals surface area (Å²) in [6, 6.07) is -1.31. The molecule has 0 bridgehead atoms. The summed E-state index contributed by atoms with van der Waals surface area (Å²) in [6.07, 6.45) is 4.77. The minimum absolute atomic E-state index is 0.615. The number of aliphatic carboxylic acids is 1. The van der Waals surface area contributed by atoms with Gasteiger partial charge >= 0.3 is 5.97 Å². The number of nitrogens with one attached hydrogen (secondary N) is 1. The Morgan fingerprint density at radius 3 is 2.67 bits per heavy atom. The molecule has 1 saturated carbocycles. The summed E-state index contributed by atoms with van der Waals surface area (Å²) >= 11 is 0. The Bertz CT molecular complexity index is 190. The molecule has 0 aromatic carbocycles. The van der Waals surface area contributed by atoms with Crippen LogP contribution in [0.5, 0.6) is 0 Å². The molecule has 0 aromatic heterocycles. The highest BCUT2D eigenvalue weighted by molar-refractivity contribution is 5.72. The lowest BCUT2D eigenvalue weighted by Gasteiger charge is -2.24. The number of carbonyl (C=O) groups is 1. The second-order valence-corrected chi connectivity index (χ2v) is 3.37. The molecular formula is C9H17NO2. The van der Waals surface area contributed by atoms with Gasteiger partial charge in [-0.3, -0.25) is 4.79 Å². The summed E-state index contributed by atoms with van der Waals surface area (Å²) in [4.78, 5) is 10.6. The van der Waals surface area contributed by atoms with Gasteiger partial charge in [0.25, 0.3) is 0 Å². The molecule has 1 rings (SSSR count). The second kappa shape index (κ2) is 4.45. The molecule has 1 fully saturated rings. The van der Waals surface area contributed by atoms with Crippen LogP contribution in [0.1, 0.15) is 40.4 Å². The van der Waals surface area contributed by atoms with E-state index in [1.165, 1.54) is 6.42 Å². The summed E-state index contributed by atoms with van der Waals surface area (Å²) in [6.45, 7) is 1.59. The van der Waals surface area contributed by atoms with Crippen LogP contribution in [-0.4, -0.2) is 23.1 Å². The quantitative estimate of drug-likeness (QED) is 0.676. The highest BCUT2D eigenvalue weighted by atomic mass is 16.4. The van der Waals surface area contributed by atoms with Crippen molar-refractivity contribution in [1.82, 2.24) is 5.32 Å². The molecular weight excluding hydrogens is 154 g/mol. The maximum atomic E-state index is 10.6. The fraction of sp³-hybridized carbons (Fsp3) is 0.889. The predicted molar refractivity (Wildman–Crippen MR) is 47.1 cm³/mol. The van der Waals surface area contributed by atoms with E-state index in [9.17, 15) is 4.79 Å². The molecule has 0 aliphatic heterocycles. The molecule has 3 nitrogen and oxygen atoms in total. The molecule has 1 aliphatic carbocycles. The average molecular weight is 172 g/mol. The zero-order valence-corrected chi connectivity index (χ0v) is 7.47. The maximum absolute atomic E-state index is 10.6. The van der Waals surface area contributed by atoms with Gasteiger partial charge in [-0.1, -0.05) is 19.3 Å². The smallest absolute Gasteiger partial charge is 0.320 e. The summed E-state index contributed by atoms with van der Waals surface area (Å²) in [7, 11) is 0. The van der Waals surface area contributed by atoms with Crippen molar-refractivity contribution in [3.8, 4) is 0 Å². The summed E-state index contributed by atoms with van der Waals surface area (Å²) < 4.78 is 7.97. The molecule has 12 heavy (non-hydrogen) atoms. The molecule has 0 unspecified atom stereocenters. The van der Waals surface area contributed by atoms with E-state index in [0.29, 0.717) is 0 Å². The van der Waals surface area contributed by atoms with Crippen LogP contribution in [0, 0.1) is 0 Å². The van der Waals surface area contributed by atoms with E-state index in [1.807, 2.05) is 0 Å². The third-order valence-electron chi connectivity index (χ3n) is 2.25. The fourth-order valence-corrected chi connectivity index (χ4v) is 1.49. The van der Waals surface area contributed by atoms with E-state index in [-0.39, 0.29) is 0 Å². The van der Waals surface area contributed by atoms with Crippen molar-refractivity contribution in [2.24, 2.45) is 0 Å². The van der Waals surface area contributed by atoms with Gasteiger partial charge in [-0.15, -0.1) is 0 Å². The number of hydrogen-bond donors (Lipinski definition) is 2. The van der Waals surface area contributed by atoms with Gasteiger partial charge in [0.15, 0.2) is 0 Å². The standard InChI is InChI=1S/C9H17NO2/c1-7(9(11)12)10-8-5-3-2-4-6-8/h7-8,10H,2-6H2,1H3,(H,11,12)/t7-/m0/s1/i8D. The molecule has 3 heteroatoms. The summed E-state index contributed by atoms with van der Waals surface area (Å²) in [5.41, 5.74) is 0. The first-order valence-corrected chi connectivity index (χ1v) is 4.54. The van der Waals surface area contributed by atoms with E-state index in [2.05, 4.69) is 5.32 Å². The van der Waals surface area contributed by atoms with Crippen molar-refractivity contribution in [2.45, 2.75) is 51.1 Å². The Morgan fingerprint density at radius 1 is 1.58 bits per heavy atom. The Kier molecular flexibility index (Phi) is 2.99. The number of carboxylic acid groups (broad SMARTS) is 1. The van der Waals surface area contributed by atoms with Crippen molar-refractivity contribution in [1.29, 1.82) is 0 Å². The van der Waals surface area contributed by atoms with Gasteiger partial charge in [-0.2, -0.15) is 0 Å². The van der Waals surface area contributed by atoms with Crippen molar-refractivity contribution < 1.29 is 11.3 Å². The SMILES string of the molecule is [2H]C1(N[C@@H](C)C(=O)O)CCCCC1. The fourth-order valence-electron chi connectivity index (χ4n) is 1.49. The van der Waals surface area contributed by atoms with Crippen LogP contribution in [0.15, 0.2) is 0 Å². The van der Waals surface area contributed by atoms with Crippen LogP contribution in [0.25, 0.3) is 0 Å². The highest BCUT2D eigenvalue weighted by Crippen LogP contribution is 2.17. The van der Waals surface area contributed by atoms with Gasteiger partial charge in [0.05, 0.1) is 0 Å². The molecule has 0 spiro atoms. The third-order valence-corrected chi connectivity index (χ3v) is 2.25. The van der Waals surface area contributed by atoms with Gasteiger partial charge in [0.1, 0.15) is 6.04 Å². The van der Waals surface area contributed by atoms with Crippen LogP contribution < -0.4 is 5.32 Å². The maximum Gasteiger partial charge on any atom is 0.320 e. The monoisotopic (exact) mass is 172 g/mol. The van der Waals surface area contributed by atoms with Gasteiger partial charge in [0.2, 0.25) is 0 Å². The molecule has 70 valence electrons. The molecule has 1 aliphatic rings. The van der Waals surface area contributed by atoms with Crippen molar-refractivity contribution in [3.05, 3.63) is 0 Å². The molecule has 0 saturated heterocycles. The topological polar surface area (TPSA) is 49.3 Å². The van der Waals surface area contributed by atoms with Gasteiger partial charge in [-0.05, 0) is 19.8 Å². The first kappa shape index (κ1) is 8.05. The zero-order chi connectivity index (χ0) is 9.90. The molecule has 0 amide bonds. The summed E-state index contributed by atoms with van der Waals surface area (Å²) in [5, 5.41) is 11.5. The van der Waals surface area contributed by atoms with Crippen molar-refractivity contribution in [3.63, 3.8) is 0 Å². The first-order chi connectivity index (χ1) is 6.03. The Morgan fingerprint density at radius 2 is 2.17 bits per heavy atom. The lowest BCUT2D eigenvalue weighted by Crippen LogP contribution is -2.42. The van der Waals surface area contributed by atoms with Gasteiger partial charge in [0, 0.05) is 7.39 Å². The number of hydrogen-bond acceptors (Lipinski definition) is 2. The zero-order valence-electron chi connectivity index (χ0n) is 8.47. The lowest BCUT2D eigenvalue weighted by atomic mass is 9.95. The molecule has 2 N–H and O–H groups in total. The van der Waals surface area contributed by atoms with E-state index < -0.39 is 18.0 Å². The lowest BCUT2D eigenvalue weighted by molar-refractivity contribution is -0.139. The Labute approximate surface area is 74.6 Å². The predicted octanol–water partition coefficient (Wildman–Crippen LogP) is 1.38. The average Bonchev–Trinajstić information content (AvgIpc) is 2.04. The van der Waals surface area contributed by atoms with Crippen molar-refractivity contribution >= 4 is 5.97 Å². The van der Waals surface area contributed by atoms with Crippen LogP contribution in [0.3, 0.4) is 0 Å². The molecule has 0 aromatic rings. The van der Waals surface area contributed by atoms with Crippen molar-refractivity contribution in [2.75, 3.05) is 0 Å². The highest BCUT2D eigenvalue weighted by Gasteiger charge is 2.18. The molecule has 0 heterocycles. The minimum atomic E-state index is -0.878. The largest absolute Gasteiger partial charge is 0.480 e. The van der Waals surface area contributed by atoms with E-state index in [0.717, 1.165) is 25.7 Å². The Hall–Kier alpha value is -0.570. The number of rotatable bonds is 3. The number of carboxylic acids is 1. The van der Waals surface area contributed by atoms with Crippen LogP contribution in [-0.2, 0) is 4.79 Å². The van der Waals surface area contributed by atoms with E-state index in [4.69, 9.17) is 6.48 Å². The van der Waals surface area contributed by atoms with E-state index in [1.54, 1.807) is 6.92 Å². The minimum Gasteiger partial charge on any atom is -0.480 e. The summed E-state index contributed by atoms with van der Waals surface area (Å²) in [5.74, 6) is -0.878. The molecule has 0 radical (unpaired) electrons. The van der Waals surface area contributed by atoms with Crippen LogP contribution in [0.4, 0.5) is 0 Å². The Balaban J connectivity index is 2.45. The van der Waals surface area contributed by atoms with E-state index >= 15 is 0 Å². The van der Waals surface area contributed by atoms with Gasteiger partial charge < -0.3 is 10.4 Å². The van der Waals surface area contributed by atoms with Crippen LogP contribution >= 0.6 is 0 Å². The first-order valence-electron chi connectivity index (χ1n) is 5.04.